The Labute approximate surface area is 187 Å². The van der Waals surface area contributed by atoms with Crippen molar-refractivity contribution >= 4 is 33.2 Å². The lowest BCUT2D eigenvalue weighted by atomic mass is 10.0. The molecule has 2 aromatic carbocycles. The van der Waals surface area contributed by atoms with E-state index in [1.165, 1.54) is 12.1 Å². The van der Waals surface area contributed by atoms with Gasteiger partial charge < -0.3 is 10.2 Å². The maximum atomic E-state index is 13.3. The Kier molecular flexibility index (Phi) is 7.56. The first kappa shape index (κ1) is 23.5. The summed E-state index contributed by atoms with van der Waals surface area (Å²) in [5.74, 6) is -0.245. The van der Waals surface area contributed by atoms with Crippen molar-refractivity contribution < 1.29 is 17.6 Å². The van der Waals surface area contributed by atoms with Gasteiger partial charge in [0.05, 0.1) is 9.92 Å². The van der Waals surface area contributed by atoms with Crippen LogP contribution in [0.2, 0.25) is 5.02 Å². The number of halogens is 2. The second kappa shape index (κ2) is 9.97. The summed E-state index contributed by atoms with van der Waals surface area (Å²) in [6, 6.07) is 9.49. The zero-order chi connectivity index (χ0) is 22.6. The normalized spacial score (nSPS) is 15.8. The first-order valence-corrected chi connectivity index (χ1v) is 12.1. The van der Waals surface area contributed by atoms with E-state index in [1.54, 1.807) is 12.1 Å². The minimum Gasteiger partial charge on any atom is -0.349 e. The molecular formula is C22H27ClFN3O3S. The highest BCUT2D eigenvalue weighted by Gasteiger charge is 2.22. The molecule has 31 heavy (non-hydrogen) atoms. The van der Waals surface area contributed by atoms with Crippen LogP contribution in [0, 0.1) is 11.7 Å². The van der Waals surface area contributed by atoms with Crippen LogP contribution in [0.3, 0.4) is 0 Å². The number of piperidine rings is 1. The average molecular weight is 468 g/mol. The van der Waals surface area contributed by atoms with Gasteiger partial charge in [0, 0.05) is 36.9 Å². The molecule has 1 aliphatic heterocycles. The van der Waals surface area contributed by atoms with E-state index < -0.39 is 15.8 Å². The molecule has 1 saturated heterocycles. The summed E-state index contributed by atoms with van der Waals surface area (Å²) in [6.45, 7) is 7.41. The Morgan fingerprint density at radius 2 is 1.81 bits per heavy atom. The fraction of sp³-hybridized carbons (Fsp3) is 0.409. The number of rotatable bonds is 7. The minimum atomic E-state index is -3.93. The van der Waals surface area contributed by atoms with Crippen molar-refractivity contribution in [3.05, 3.63) is 58.9 Å². The van der Waals surface area contributed by atoms with Crippen molar-refractivity contribution in [1.29, 1.82) is 0 Å². The molecule has 0 bridgehead atoms. The zero-order valence-corrected chi connectivity index (χ0v) is 19.1. The van der Waals surface area contributed by atoms with Gasteiger partial charge in [0.15, 0.2) is 0 Å². The van der Waals surface area contributed by atoms with Gasteiger partial charge in [0.1, 0.15) is 5.82 Å². The Morgan fingerprint density at radius 1 is 1.16 bits per heavy atom. The molecule has 0 atom stereocenters. The lowest BCUT2D eigenvalue weighted by molar-refractivity contribution is 0.0907. The molecule has 0 radical (unpaired) electrons. The highest BCUT2D eigenvalue weighted by Crippen LogP contribution is 2.22. The lowest BCUT2D eigenvalue weighted by Gasteiger charge is -2.33. The minimum absolute atomic E-state index is 0.136. The van der Waals surface area contributed by atoms with Gasteiger partial charge in [-0.15, -0.1) is 0 Å². The van der Waals surface area contributed by atoms with Crippen molar-refractivity contribution in [3.63, 3.8) is 0 Å². The summed E-state index contributed by atoms with van der Waals surface area (Å²) >= 11 is 5.67. The number of anilines is 1. The molecule has 168 valence electrons. The fourth-order valence-corrected chi connectivity index (χ4v) is 4.92. The van der Waals surface area contributed by atoms with Crippen molar-refractivity contribution in [2.45, 2.75) is 37.6 Å². The molecule has 0 aliphatic carbocycles. The number of nitrogens with one attached hydrogen (secondary N) is 2. The second-order valence-electron chi connectivity index (χ2n) is 8.20. The molecule has 2 aromatic rings. The molecule has 9 heteroatoms. The molecule has 0 aromatic heterocycles. The number of hydrogen-bond donors (Lipinski definition) is 2. The van der Waals surface area contributed by atoms with E-state index in [4.69, 9.17) is 11.6 Å². The van der Waals surface area contributed by atoms with E-state index in [0.29, 0.717) is 17.2 Å². The molecular weight excluding hydrogens is 441 g/mol. The van der Waals surface area contributed by atoms with Gasteiger partial charge in [-0.05, 0) is 61.2 Å². The van der Waals surface area contributed by atoms with E-state index >= 15 is 0 Å². The molecule has 1 heterocycles. The number of benzene rings is 2. The molecule has 2 N–H and O–H groups in total. The van der Waals surface area contributed by atoms with E-state index in [-0.39, 0.29) is 21.9 Å². The van der Waals surface area contributed by atoms with Crippen LogP contribution in [-0.2, 0) is 10.0 Å². The molecule has 0 unspecified atom stereocenters. The maximum absolute atomic E-state index is 13.3. The van der Waals surface area contributed by atoms with Gasteiger partial charge in [0.25, 0.3) is 15.9 Å². The summed E-state index contributed by atoms with van der Waals surface area (Å²) in [4.78, 5) is 14.8. The third kappa shape index (κ3) is 6.41. The van der Waals surface area contributed by atoms with Crippen LogP contribution in [0.4, 0.5) is 10.1 Å². The van der Waals surface area contributed by atoms with Crippen molar-refractivity contribution in [2.75, 3.05) is 24.4 Å². The Bertz CT molecular complexity index is 1020. The maximum Gasteiger partial charge on any atom is 0.261 e. The monoisotopic (exact) mass is 467 g/mol. The number of hydrogen-bond acceptors (Lipinski definition) is 4. The highest BCUT2D eigenvalue weighted by molar-refractivity contribution is 7.92. The fourth-order valence-electron chi connectivity index (χ4n) is 3.59. The molecule has 1 fully saturated rings. The summed E-state index contributed by atoms with van der Waals surface area (Å²) in [5.41, 5.74) is 0.747. The van der Waals surface area contributed by atoms with Crippen LogP contribution in [0.25, 0.3) is 0 Å². The van der Waals surface area contributed by atoms with Crippen molar-refractivity contribution in [2.24, 2.45) is 5.92 Å². The van der Waals surface area contributed by atoms with Crippen LogP contribution in [0.15, 0.2) is 47.4 Å². The van der Waals surface area contributed by atoms with Crippen LogP contribution in [0.1, 0.15) is 37.0 Å². The van der Waals surface area contributed by atoms with E-state index in [0.717, 1.165) is 50.7 Å². The Morgan fingerprint density at radius 3 is 2.39 bits per heavy atom. The summed E-state index contributed by atoms with van der Waals surface area (Å²) in [7, 11) is -3.93. The van der Waals surface area contributed by atoms with Gasteiger partial charge in [-0.1, -0.05) is 25.4 Å². The van der Waals surface area contributed by atoms with Crippen LogP contribution < -0.4 is 10.0 Å². The second-order valence-corrected chi connectivity index (χ2v) is 10.3. The predicted octanol–water partition coefficient (Wildman–Crippen LogP) is 4.13. The van der Waals surface area contributed by atoms with Gasteiger partial charge in [-0.3, -0.25) is 9.52 Å². The number of carbonyl (C=O) groups is 1. The molecule has 3 rings (SSSR count). The van der Waals surface area contributed by atoms with E-state index in [1.807, 2.05) is 0 Å². The topological polar surface area (TPSA) is 78.5 Å². The van der Waals surface area contributed by atoms with Crippen molar-refractivity contribution in [3.8, 4) is 0 Å². The largest absolute Gasteiger partial charge is 0.349 e. The quantitative estimate of drug-likeness (QED) is 0.641. The smallest absolute Gasteiger partial charge is 0.261 e. The lowest BCUT2D eigenvalue weighted by Crippen LogP contribution is -2.45. The third-order valence-electron chi connectivity index (χ3n) is 5.15. The van der Waals surface area contributed by atoms with E-state index in [9.17, 15) is 17.6 Å². The number of sulfonamides is 1. The molecule has 1 amide bonds. The van der Waals surface area contributed by atoms with Crippen LogP contribution in [0.5, 0.6) is 0 Å². The van der Waals surface area contributed by atoms with Gasteiger partial charge in [-0.2, -0.15) is 0 Å². The Balaban J connectivity index is 1.57. The average Bonchev–Trinajstić information content (AvgIpc) is 2.71. The number of amides is 1. The number of nitrogens with zero attached hydrogens (tertiary/aromatic N) is 1. The Hall–Kier alpha value is -2.16. The van der Waals surface area contributed by atoms with Gasteiger partial charge in [-0.25, -0.2) is 12.8 Å². The third-order valence-corrected chi connectivity index (χ3v) is 6.82. The predicted molar refractivity (Wildman–Crippen MR) is 120 cm³/mol. The van der Waals surface area contributed by atoms with Crippen LogP contribution >= 0.6 is 11.6 Å². The zero-order valence-electron chi connectivity index (χ0n) is 17.6. The van der Waals surface area contributed by atoms with Gasteiger partial charge >= 0.3 is 0 Å². The highest BCUT2D eigenvalue weighted by atomic mass is 35.5. The molecule has 0 saturated carbocycles. The van der Waals surface area contributed by atoms with Crippen LogP contribution in [-0.4, -0.2) is 44.9 Å². The van der Waals surface area contributed by atoms with E-state index in [2.05, 4.69) is 28.8 Å². The number of carbonyl (C=O) groups excluding carboxylic acids is 1. The summed E-state index contributed by atoms with van der Waals surface area (Å²) < 4.78 is 40.6. The summed E-state index contributed by atoms with van der Waals surface area (Å²) in [5, 5.41) is 2.79. The summed E-state index contributed by atoms with van der Waals surface area (Å²) in [6.07, 6.45) is 1.83. The van der Waals surface area contributed by atoms with Gasteiger partial charge in [0.2, 0.25) is 0 Å². The van der Waals surface area contributed by atoms with Crippen molar-refractivity contribution in [1.82, 2.24) is 10.2 Å². The molecule has 6 nitrogen and oxygen atoms in total. The standard InChI is InChI=1S/C22H27ClFN3O3S/c1-15(2)14-27-11-9-17(10-12-27)25-22(28)16-3-5-18(6-4-16)26-31(29,30)19-7-8-21(24)20(23)13-19/h3-8,13,15,17,26H,9-12,14H2,1-2H3,(H,25,28). The molecule has 1 aliphatic rings. The first-order chi connectivity index (χ1) is 14.6. The number of likely N-dealkylation sites (tertiary alicyclic amines) is 1. The molecule has 0 spiro atoms. The first-order valence-electron chi connectivity index (χ1n) is 10.2. The SMILES string of the molecule is CC(C)CN1CCC(NC(=O)c2ccc(NS(=O)(=O)c3ccc(F)c(Cl)c3)cc2)CC1.